The van der Waals surface area contributed by atoms with Gasteiger partial charge in [0.25, 0.3) is 0 Å². The number of aromatic nitrogens is 2. The van der Waals surface area contributed by atoms with Crippen LogP contribution in [-0.2, 0) is 22.4 Å². The minimum atomic E-state index is -0.101. The summed E-state index contributed by atoms with van der Waals surface area (Å²) < 4.78 is 6.52. The third-order valence-corrected chi connectivity index (χ3v) is 5.05. The van der Waals surface area contributed by atoms with E-state index in [-0.39, 0.29) is 5.97 Å². The molecule has 0 N–H and O–H groups in total. The molecule has 0 saturated heterocycles. The van der Waals surface area contributed by atoms with Gasteiger partial charge in [-0.05, 0) is 55.9 Å². The lowest BCUT2D eigenvalue weighted by Crippen LogP contribution is -2.06. The van der Waals surface area contributed by atoms with E-state index in [0.29, 0.717) is 13.0 Å². The topological polar surface area (TPSA) is 52.1 Å². The molecule has 0 spiro atoms. The van der Waals surface area contributed by atoms with Gasteiger partial charge in [-0.15, -0.1) is 11.3 Å². The van der Waals surface area contributed by atoms with Crippen molar-refractivity contribution < 1.29 is 9.53 Å². The molecule has 4 nitrogen and oxygen atoms in total. The fraction of sp³-hybridized carbons (Fsp3) is 0.350. The van der Waals surface area contributed by atoms with E-state index >= 15 is 0 Å². The highest BCUT2D eigenvalue weighted by Crippen LogP contribution is 2.22. The van der Waals surface area contributed by atoms with Crippen LogP contribution >= 0.6 is 11.3 Å². The number of hydrogen-bond acceptors (Lipinski definition) is 5. The average Bonchev–Trinajstić information content (AvgIpc) is 3.06. The summed E-state index contributed by atoms with van der Waals surface area (Å²) in [5.41, 5.74) is 2.24. The third kappa shape index (κ3) is 5.64. The van der Waals surface area contributed by atoms with Gasteiger partial charge in [-0.3, -0.25) is 9.78 Å². The highest BCUT2D eigenvalue weighted by Gasteiger charge is 2.06. The van der Waals surface area contributed by atoms with Gasteiger partial charge in [0.05, 0.1) is 21.8 Å². The lowest BCUT2D eigenvalue weighted by molar-refractivity contribution is -0.143. The minimum absolute atomic E-state index is 0.101. The molecule has 0 fully saturated rings. The lowest BCUT2D eigenvalue weighted by atomic mass is 10.2. The van der Waals surface area contributed by atoms with Crippen molar-refractivity contribution in [1.82, 2.24) is 9.97 Å². The van der Waals surface area contributed by atoms with Crippen molar-refractivity contribution in [3.8, 4) is 0 Å². The van der Waals surface area contributed by atoms with Crippen LogP contribution in [0.2, 0.25) is 0 Å². The summed E-state index contributed by atoms with van der Waals surface area (Å²) >= 11 is 1.74. The molecule has 0 bridgehead atoms. The molecular weight excluding hydrogens is 332 g/mol. The van der Waals surface area contributed by atoms with Crippen molar-refractivity contribution in [3.63, 3.8) is 0 Å². The monoisotopic (exact) mass is 354 g/mol. The second-order valence-electron chi connectivity index (χ2n) is 5.97. The number of esters is 1. The summed E-state index contributed by atoms with van der Waals surface area (Å²) in [5.74, 6) is -0.101. The van der Waals surface area contributed by atoms with Crippen LogP contribution in [0, 0.1) is 0 Å². The number of benzene rings is 1. The zero-order valence-corrected chi connectivity index (χ0v) is 15.0. The molecule has 0 aliphatic heterocycles. The van der Waals surface area contributed by atoms with Gasteiger partial charge < -0.3 is 4.74 Å². The number of hydrogen-bond donors (Lipinski definition) is 0. The van der Waals surface area contributed by atoms with E-state index in [1.807, 2.05) is 36.5 Å². The molecular formula is C20H22N2O2S. The Bertz CT molecular complexity index is 769. The molecule has 0 amide bonds. The number of fused-ring (bicyclic) bond motifs is 1. The zero-order chi connectivity index (χ0) is 17.3. The first-order chi connectivity index (χ1) is 12.3. The highest BCUT2D eigenvalue weighted by molar-refractivity contribution is 7.18. The largest absolute Gasteiger partial charge is 0.466 e. The summed E-state index contributed by atoms with van der Waals surface area (Å²) in [6, 6.07) is 12.1. The highest BCUT2D eigenvalue weighted by atomic mass is 32.1. The number of rotatable bonds is 9. The number of para-hydroxylation sites is 1. The maximum Gasteiger partial charge on any atom is 0.305 e. The first-order valence-corrected chi connectivity index (χ1v) is 9.52. The van der Waals surface area contributed by atoms with Gasteiger partial charge in [0.2, 0.25) is 0 Å². The molecule has 0 atom stereocenters. The van der Waals surface area contributed by atoms with Crippen molar-refractivity contribution in [3.05, 3.63) is 59.4 Å². The molecule has 0 radical (unpaired) electrons. The first kappa shape index (κ1) is 17.5. The second kappa shape index (κ2) is 9.28. The number of nitrogens with zero attached hydrogens (tertiary/aromatic N) is 2. The lowest BCUT2D eigenvalue weighted by Gasteiger charge is -2.04. The molecule has 130 valence electrons. The Morgan fingerprint density at radius 1 is 1.04 bits per heavy atom. The molecule has 0 aliphatic carbocycles. The summed E-state index contributed by atoms with van der Waals surface area (Å²) in [7, 11) is 0. The molecule has 3 aromatic rings. The van der Waals surface area contributed by atoms with E-state index in [2.05, 4.69) is 16.0 Å². The SMILES string of the molecule is O=C(CCCCc1nc2ccccc2s1)OCCCc1cccnc1. The smallest absolute Gasteiger partial charge is 0.305 e. The number of carbonyl (C=O) groups excluding carboxylic acids is 1. The molecule has 0 saturated carbocycles. The van der Waals surface area contributed by atoms with Crippen LogP contribution in [0.1, 0.15) is 36.3 Å². The molecule has 1 aromatic carbocycles. The molecule has 5 heteroatoms. The van der Waals surface area contributed by atoms with Gasteiger partial charge in [0.1, 0.15) is 0 Å². The van der Waals surface area contributed by atoms with Crippen LogP contribution in [0.15, 0.2) is 48.8 Å². The van der Waals surface area contributed by atoms with E-state index in [1.165, 1.54) is 10.3 Å². The zero-order valence-electron chi connectivity index (χ0n) is 14.2. The molecule has 2 heterocycles. The molecule has 0 unspecified atom stereocenters. The van der Waals surface area contributed by atoms with E-state index in [1.54, 1.807) is 17.5 Å². The van der Waals surface area contributed by atoms with Gasteiger partial charge in [0, 0.05) is 18.8 Å². The van der Waals surface area contributed by atoms with Gasteiger partial charge in [-0.2, -0.15) is 0 Å². The van der Waals surface area contributed by atoms with E-state index in [4.69, 9.17) is 4.74 Å². The van der Waals surface area contributed by atoms with Crippen LogP contribution < -0.4 is 0 Å². The Kier molecular flexibility index (Phi) is 6.51. The minimum Gasteiger partial charge on any atom is -0.466 e. The predicted octanol–water partition coefficient (Wildman–Crippen LogP) is 4.58. The normalized spacial score (nSPS) is 10.9. The van der Waals surface area contributed by atoms with Gasteiger partial charge in [0.15, 0.2) is 0 Å². The average molecular weight is 354 g/mol. The number of aryl methyl sites for hydroxylation is 2. The van der Waals surface area contributed by atoms with Gasteiger partial charge in [-0.1, -0.05) is 18.2 Å². The summed E-state index contributed by atoms with van der Waals surface area (Å²) in [5, 5.41) is 1.14. The molecule has 2 aromatic heterocycles. The van der Waals surface area contributed by atoms with Crippen molar-refractivity contribution >= 4 is 27.5 Å². The summed E-state index contributed by atoms with van der Waals surface area (Å²) in [6.07, 6.45) is 8.55. The molecule has 0 aliphatic rings. The number of thiazole rings is 1. The quantitative estimate of drug-likeness (QED) is 0.417. The maximum absolute atomic E-state index is 11.8. The van der Waals surface area contributed by atoms with Crippen molar-refractivity contribution in [2.24, 2.45) is 0 Å². The van der Waals surface area contributed by atoms with Crippen LogP contribution in [0.5, 0.6) is 0 Å². The predicted molar refractivity (Wildman–Crippen MR) is 101 cm³/mol. The summed E-state index contributed by atoms with van der Waals surface area (Å²) in [4.78, 5) is 20.5. The van der Waals surface area contributed by atoms with Crippen LogP contribution in [0.3, 0.4) is 0 Å². The number of pyridine rings is 1. The van der Waals surface area contributed by atoms with Crippen LogP contribution in [0.25, 0.3) is 10.2 Å². The first-order valence-electron chi connectivity index (χ1n) is 8.70. The Hall–Kier alpha value is -2.27. The maximum atomic E-state index is 11.8. The van der Waals surface area contributed by atoms with Crippen molar-refractivity contribution in [1.29, 1.82) is 0 Å². The van der Waals surface area contributed by atoms with Crippen LogP contribution in [0.4, 0.5) is 0 Å². The fourth-order valence-electron chi connectivity index (χ4n) is 2.65. The molecule has 3 rings (SSSR count). The Morgan fingerprint density at radius 3 is 2.80 bits per heavy atom. The number of carbonyl (C=O) groups is 1. The number of ether oxygens (including phenoxy) is 1. The van der Waals surface area contributed by atoms with Crippen molar-refractivity contribution in [2.45, 2.75) is 38.5 Å². The van der Waals surface area contributed by atoms with Crippen molar-refractivity contribution in [2.75, 3.05) is 6.61 Å². The van der Waals surface area contributed by atoms with E-state index < -0.39 is 0 Å². The molecule has 25 heavy (non-hydrogen) atoms. The summed E-state index contributed by atoms with van der Waals surface area (Å²) in [6.45, 7) is 0.478. The van der Waals surface area contributed by atoms with Crippen LogP contribution in [-0.4, -0.2) is 22.5 Å². The number of unbranched alkanes of at least 4 members (excludes halogenated alkanes) is 1. The van der Waals surface area contributed by atoms with Gasteiger partial charge in [-0.25, -0.2) is 4.98 Å². The third-order valence-electron chi connectivity index (χ3n) is 3.96. The van der Waals surface area contributed by atoms with Gasteiger partial charge >= 0.3 is 5.97 Å². The second-order valence-corrected chi connectivity index (χ2v) is 7.08. The Labute approximate surface area is 151 Å². The fourth-order valence-corrected chi connectivity index (χ4v) is 3.66. The standard InChI is InChI=1S/C20H22N2O2S/c23-20(24-14-6-8-16-7-5-13-21-15-16)12-4-3-11-19-22-17-9-1-2-10-18(17)25-19/h1-2,5,7,9-10,13,15H,3-4,6,8,11-12,14H2. The Morgan fingerprint density at radius 2 is 1.96 bits per heavy atom. The van der Waals surface area contributed by atoms with E-state index in [0.717, 1.165) is 42.6 Å². The Balaban J connectivity index is 1.27. The van der Waals surface area contributed by atoms with E-state index in [9.17, 15) is 4.79 Å².